The standard InChI is InChI=1S/C15H13NO5S/c1-9(21-15(18)13-3-2-6-22-13)14(17)16-10-4-5-11-12(7-10)20-8-19-11/h2-7,9H,8H2,1H3,(H,16,17)/t9-/m1/s1. The molecule has 6 nitrogen and oxygen atoms in total. The molecule has 1 amide bonds. The summed E-state index contributed by atoms with van der Waals surface area (Å²) in [5.41, 5.74) is 0.549. The van der Waals surface area contributed by atoms with Gasteiger partial charge in [0.1, 0.15) is 4.88 Å². The third-order valence-electron chi connectivity index (χ3n) is 3.02. The summed E-state index contributed by atoms with van der Waals surface area (Å²) in [6.45, 7) is 1.69. The number of anilines is 1. The molecule has 2 aromatic rings. The Kier molecular flexibility index (Phi) is 3.97. The minimum Gasteiger partial charge on any atom is -0.454 e. The highest BCUT2D eigenvalue weighted by atomic mass is 32.1. The first-order valence-corrected chi connectivity index (χ1v) is 7.46. The van der Waals surface area contributed by atoms with Crippen molar-refractivity contribution in [3.8, 4) is 11.5 Å². The van der Waals surface area contributed by atoms with Crippen LogP contribution in [-0.4, -0.2) is 24.8 Å². The summed E-state index contributed by atoms with van der Waals surface area (Å²) < 4.78 is 15.6. The van der Waals surface area contributed by atoms with Gasteiger partial charge in [-0.25, -0.2) is 4.79 Å². The lowest BCUT2D eigenvalue weighted by molar-refractivity contribution is -0.123. The molecule has 1 aromatic heterocycles. The molecule has 1 aromatic carbocycles. The number of carbonyl (C=O) groups is 2. The van der Waals surface area contributed by atoms with E-state index in [2.05, 4.69) is 5.32 Å². The van der Waals surface area contributed by atoms with Crippen molar-refractivity contribution < 1.29 is 23.8 Å². The van der Waals surface area contributed by atoms with Gasteiger partial charge >= 0.3 is 5.97 Å². The number of rotatable bonds is 4. The molecule has 0 saturated heterocycles. The number of hydrogen-bond donors (Lipinski definition) is 1. The van der Waals surface area contributed by atoms with E-state index in [0.717, 1.165) is 0 Å². The van der Waals surface area contributed by atoms with Crippen LogP contribution < -0.4 is 14.8 Å². The topological polar surface area (TPSA) is 73.9 Å². The van der Waals surface area contributed by atoms with Gasteiger partial charge in [-0.1, -0.05) is 6.07 Å². The van der Waals surface area contributed by atoms with Crippen LogP contribution in [0.15, 0.2) is 35.7 Å². The van der Waals surface area contributed by atoms with Crippen LogP contribution in [0.2, 0.25) is 0 Å². The van der Waals surface area contributed by atoms with Crippen molar-refractivity contribution in [1.29, 1.82) is 0 Å². The molecule has 2 heterocycles. The number of carbonyl (C=O) groups excluding carboxylic acids is 2. The number of hydrogen-bond acceptors (Lipinski definition) is 6. The molecule has 22 heavy (non-hydrogen) atoms. The number of thiophene rings is 1. The molecular weight excluding hydrogens is 306 g/mol. The molecule has 3 rings (SSSR count). The Balaban J connectivity index is 1.60. The summed E-state index contributed by atoms with van der Waals surface area (Å²) in [6.07, 6.45) is -0.903. The van der Waals surface area contributed by atoms with Crippen molar-refractivity contribution in [2.45, 2.75) is 13.0 Å². The Morgan fingerprint density at radius 3 is 2.86 bits per heavy atom. The van der Waals surface area contributed by atoms with Gasteiger partial charge in [-0.15, -0.1) is 11.3 Å². The minimum absolute atomic E-state index is 0.168. The predicted molar refractivity (Wildman–Crippen MR) is 80.4 cm³/mol. The summed E-state index contributed by atoms with van der Waals surface area (Å²) in [7, 11) is 0. The van der Waals surface area contributed by atoms with Crippen LogP contribution in [-0.2, 0) is 9.53 Å². The van der Waals surface area contributed by atoms with Crippen molar-refractivity contribution in [3.63, 3.8) is 0 Å². The van der Waals surface area contributed by atoms with E-state index in [1.807, 2.05) is 0 Å². The number of esters is 1. The molecule has 0 bridgehead atoms. The zero-order chi connectivity index (χ0) is 15.5. The van der Waals surface area contributed by atoms with Gasteiger partial charge in [-0.2, -0.15) is 0 Å². The zero-order valence-electron chi connectivity index (χ0n) is 11.7. The van der Waals surface area contributed by atoms with E-state index < -0.39 is 18.0 Å². The fraction of sp³-hybridized carbons (Fsp3) is 0.200. The maximum Gasteiger partial charge on any atom is 0.349 e. The summed E-state index contributed by atoms with van der Waals surface area (Å²) in [6, 6.07) is 8.46. The molecule has 0 fully saturated rings. The lowest BCUT2D eigenvalue weighted by atomic mass is 10.2. The molecule has 7 heteroatoms. The normalized spacial score (nSPS) is 13.5. The van der Waals surface area contributed by atoms with Crippen LogP contribution in [0.3, 0.4) is 0 Å². The van der Waals surface area contributed by atoms with Gasteiger partial charge in [0.25, 0.3) is 5.91 Å². The first kappa shape index (κ1) is 14.4. The predicted octanol–water partition coefficient (Wildman–Crippen LogP) is 2.66. The molecule has 0 unspecified atom stereocenters. The average Bonchev–Trinajstić information content (AvgIpc) is 3.18. The van der Waals surface area contributed by atoms with E-state index in [-0.39, 0.29) is 6.79 Å². The Labute approximate surface area is 130 Å². The van der Waals surface area contributed by atoms with Crippen molar-refractivity contribution in [1.82, 2.24) is 0 Å². The third-order valence-corrected chi connectivity index (χ3v) is 3.87. The van der Waals surface area contributed by atoms with E-state index in [1.54, 1.807) is 35.7 Å². The smallest absolute Gasteiger partial charge is 0.349 e. The van der Waals surface area contributed by atoms with Crippen LogP contribution in [0.5, 0.6) is 11.5 Å². The number of benzene rings is 1. The summed E-state index contributed by atoms with van der Waals surface area (Å²) in [5, 5.41) is 4.45. The molecule has 0 saturated carbocycles. The van der Waals surface area contributed by atoms with E-state index in [4.69, 9.17) is 14.2 Å². The van der Waals surface area contributed by atoms with Gasteiger partial charge in [0.05, 0.1) is 0 Å². The maximum absolute atomic E-state index is 12.1. The second-order valence-corrected chi connectivity index (χ2v) is 5.53. The number of amides is 1. The maximum atomic E-state index is 12.1. The highest BCUT2D eigenvalue weighted by Crippen LogP contribution is 2.34. The van der Waals surface area contributed by atoms with E-state index >= 15 is 0 Å². The van der Waals surface area contributed by atoms with Gasteiger partial charge in [0, 0.05) is 11.8 Å². The molecule has 1 aliphatic rings. The molecule has 0 spiro atoms. The number of nitrogens with one attached hydrogen (secondary N) is 1. The Morgan fingerprint density at radius 1 is 1.27 bits per heavy atom. The largest absolute Gasteiger partial charge is 0.454 e. The molecule has 0 aliphatic carbocycles. The highest BCUT2D eigenvalue weighted by molar-refractivity contribution is 7.11. The summed E-state index contributed by atoms with van der Waals surface area (Å²) >= 11 is 1.27. The summed E-state index contributed by atoms with van der Waals surface area (Å²) in [5.74, 6) is 0.281. The van der Waals surface area contributed by atoms with Gasteiger partial charge in [-0.3, -0.25) is 4.79 Å². The first-order valence-electron chi connectivity index (χ1n) is 6.58. The van der Waals surface area contributed by atoms with Crippen LogP contribution in [0, 0.1) is 0 Å². The molecule has 1 atom stereocenters. The van der Waals surface area contributed by atoms with Crippen molar-refractivity contribution in [2.24, 2.45) is 0 Å². The van der Waals surface area contributed by atoms with Gasteiger partial charge in [0.2, 0.25) is 6.79 Å². The minimum atomic E-state index is -0.903. The Morgan fingerprint density at radius 2 is 2.09 bits per heavy atom. The molecule has 114 valence electrons. The quantitative estimate of drug-likeness (QED) is 0.877. The van der Waals surface area contributed by atoms with Crippen LogP contribution >= 0.6 is 11.3 Å². The fourth-order valence-electron chi connectivity index (χ4n) is 1.89. The zero-order valence-corrected chi connectivity index (χ0v) is 12.5. The number of ether oxygens (including phenoxy) is 3. The van der Waals surface area contributed by atoms with Crippen molar-refractivity contribution in [3.05, 3.63) is 40.6 Å². The van der Waals surface area contributed by atoms with E-state index in [1.165, 1.54) is 18.3 Å². The fourth-order valence-corrected chi connectivity index (χ4v) is 2.49. The van der Waals surface area contributed by atoms with Crippen LogP contribution in [0.1, 0.15) is 16.6 Å². The Bertz CT molecular complexity index is 698. The second-order valence-electron chi connectivity index (χ2n) is 4.58. The lowest BCUT2D eigenvalue weighted by Crippen LogP contribution is -2.29. The first-order chi connectivity index (χ1) is 10.6. The van der Waals surface area contributed by atoms with Crippen LogP contribution in [0.25, 0.3) is 0 Å². The monoisotopic (exact) mass is 319 g/mol. The third kappa shape index (κ3) is 3.04. The van der Waals surface area contributed by atoms with Crippen molar-refractivity contribution in [2.75, 3.05) is 12.1 Å². The lowest BCUT2D eigenvalue weighted by Gasteiger charge is -2.13. The SMILES string of the molecule is C[C@@H](OC(=O)c1cccs1)C(=O)Nc1ccc2c(c1)OCO2. The Hall–Kier alpha value is -2.54. The second kappa shape index (κ2) is 6.07. The van der Waals surface area contributed by atoms with Gasteiger partial charge in [-0.05, 0) is 30.5 Å². The van der Waals surface area contributed by atoms with E-state index in [0.29, 0.717) is 22.1 Å². The molecule has 1 aliphatic heterocycles. The van der Waals surface area contributed by atoms with Gasteiger partial charge < -0.3 is 19.5 Å². The highest BCUT2D eigenvalue weighted by Gasteiger charge is 2.20. The van der Waals surface area contributed by atoms with Crippen molar-refractivity contribution >= 4 is 28.9 Å². The van der Waals surface area contributed by atoms with Gasteiger partial charge in [0.15, 0.2) is 17.6 Å². The molecular formula is C15H13NO5S. The number of fused-ring (bicyclic) bond motifs is 1. The van der Waals surface area contributed by atoms with Crippen LogP contribution in [0.4, 0.5) is 5.69 Å². The molecule has 1 N–H and O–H groups in total. The average molecular weight is 319 g/mol. The van der Waals surface area contributed by atoms with E-state index in [9.17, 15) is 9.59 Å². The molecule has 0 radical (unpaired) electrons. The summed E-state index contributed by atoms with van der Waals surface area (Å²) in [4.78, 5) is 24.3.